The molecule has 0 radical (unpaired) electrons. The normalized spacial score (nSPS) is 11.3. The molecule has 4 aromatic rings. The molecule has 0 aliphatic carbocycles. The number of ether oxygens (including phenoxy) is 2. The summed E-state index contributed by atoms with van der Waals surface area (Å²) in [6, 6.07) is 15.6. The third-order valence-corrected chi connectivity index (χ3v) is 5.58. The number of aryl methyl sites for hydroxylation is 2. The lowest BCUT2D eigenvalue weighted by atomic mass is 10.1. The Kier molecular flexibility index (Phi) is 7.96. The van der Waals surface area contributed by atoms with Gasteiger partial charge in [0.15, 0.2) is 5.11 Å². The summed E-state index contributed by atoms with van der Waals surface area (Å²) in [6.07, 6.45) is 2.77. The predicted octanol–water partition coefficient (Wildman–Crippen LogP) is 4.59. The second-order valence-corrected chi connectivity index (χ2v) is 8.53. The Morgan fingerprint density at radius 2 is 1.67 bits per heavy atom. The molecular formula is C26H29N7O2S. The zero-order chi connectivity index (χ0) is 25.5. The van der Waals surface area contributed by atoms with E-state index >= 15 is 0 Å². The van der Waals surface area contributed by atoms with E-state index in [4.69, 9.17) is 26.7 Å². The van der Waals surface area contributed by atoms with Crippen LogP contribution in [0.4, 0.5) is 11.6 Å². The number of aromatic amines is 1. The first kappa shape index (κ1) is 24.9. The number of aliphatic imine (C=N–C) groups is 1. The van der Waals surface area contributed by atoms with Crippen LogP contribution in [0, 0.1) is 13.8 Å². The maximum absolute atomic E-state index is 5.56. The lowest BCUT2D eigenvalue weighted by molar-refractivity contribution is 0.395. The van der Waals surface area contributed by atoms with Crippen LogP contribution in [0.25, 0.3) is 10.9 Å². The fraction of sp³-hybridized carbons (Fsp3) is 0.231. The van der Waals surface area contributed by atoms with Gasteiger partial charge < -0.3 is 25.1 Å². The number of nitrogens with zero attached hydrogens (tertiary/aromatic N) is 3. The van der Waals surface area contributed by atoms with Crippen molar-refractivity contribution in [2.24, 2.45) is 4.99 Å². The number of hydrogen-bond donors (Lipinski definition) is 4. The molecule has 0 saturated heterocycles. The van der Waals surface area contributed by atoms with Crippen LogP contribution >= 0.6 is 12.2 Å². The van der Waals surface area contributed by atoms with Crippen LogP contribution in [0.15, 0.2) is 59.7 Å². The number of guanidine groups is 1. The Morgan fingerprint density at radius 1 is 0.972 bits per heavy atom. The lowest BCUT2D eigenvalue weighted by Gasteiger charge is -2.15. The number of aromatic nitrogens is 3. The summed E-state index contributed by atoms with van der Waals surface area (Å²) >= 11 is 5.56. The lowest BCUT2D eigenvalue weighted by Crippen LogP contribution is -2.39. The number of H-pyrrole nitrogens is 1. The van der Waals surface area contributed by atoms with Gasteiger partial charge in [-0.05, 0) is 50.2 Å². The summed E-state index contributed by atoms with van der Waals surface area (Å²) < 4.78 is 10.7. The molecule has 0 amide bonds. The Hall–Kier alpha value is -4.18. The molecule has 4 N–H and O–H groups in total. The summed E-state index contributed by atoms with van der Waals surface area (Å²) in [6.45, 7) is 4.37. The quantitative estimate of drug-likeness (QED) is 0.165. The largest absolute Gasteiger partial charge is 0.497 e. The van der Waals surface area contributed by atoms with Gasteiger partial charge in [0.05, 0.1) is 14.2 Å². The first-order valence-corrected chi connectivity index (χ1v) is 11.8. The Balaban J connectivity index is 1.51. The van der Waals surface area contributed by atoms with Gasteiger partial charge in [-0.1, -0.05) is 18.2 Å². The number of thiocarbonyl (C=S) groups is 1. The Morgan fingerprint density at radius 3 is 2.36 bits per heavy atom. The van der Waals surface area contributed by atoms with Gasteiger partial charge in [0.2, 0.25) is 11.9 Å². The molecule has 2 aromatic carbocycles. The van der Waals surface area contributed by atoms with Crippen LogP contribution in [0.1, 0.15) is 17.0 Å². The van der Waals surface area contributed by atoms with Crippen molar-refractivity contribution in [3.63, 3.8) is 0 Å². The first-order chi connectivity index (χ1) is 17.4. The number of rotatable bonds is 7. The molecule has 9 nitrogen and oxygen atoms in total. The maximum Gasteiger partial charge on any atom is 0.229 e. The highest BCUT2D eigenvalue weighted by Crippen LogP contribution is 2.25. The average Bonchev–Trinajstić information content (AvgIpc) is 3.26. The van der Waals surface area contributed by atoms with Crippen molar-refractivity contribution in [1.29, 1.82) is 0 Å². The van der Waals surface area contributed by atoms with Crippen LogP contribution < -0.4 is 25.4 Å². The highest BCUT2D eigenvalue weighted by molar-refractivity contribution is 7.80. The molecule has 0 saturated carbocycles. The average molecular weight is 504 g/mol. The van der Waals surface area contributed by atoms with Crippen LogP contribution in [0.2, 0.25) is 0 Å². The van der Waals surface area contributed by atoms with Gasteiger partial charge >= 0.3 is 0 Å². The second-order valence-electron chi connectivity index (χ2n) is 8.12. The summed E-state index contributed by atoms with van der Waals surface area (Å²) in [5.74, 6) is 2.17. The number of para-hydroxylation sites is 1. The van der Waals surface area contributed by atoms with Gasteiger partial charge in [-0.15, -0.1) is 0 Å². The van der Waals surface area contributed by atoms with E-state index in [2.05, 4.69) is 43.0 Å². The molecule has 4 rings (SSSR count). The predicted molar refractivity (Wildman–Crippen MR) is 148 cm³/mol. The smallest absolute Gasteiger partial charge is 0.229 e. The third-order valence-electron chi connectivity index (χ3n) is 5.38. The van der Waals surface area contributed by atoms with Gasteiger partial charge in [-0.25, -0.2) is 9.97 Å². The SMILES string of the molecule is COc1cc(NC(=S)NC(=NCCc2c[nH]c3ccccc23)Nc2nc(C)cc(C)n2)cc(OC)c1. The van der Waals surface area contributed by atoms with Gasteiger partial charge in [0.1, 0.15) is 11.5 Å². The van der Waals surface area contributed by atoms with E-state index in [-0.39, 0.29) is 0 Å². The minimum absolute atomic E-state index is 0.341. The molecule has 0 bridgehead atoms. The van der Waals surface area contributed by atoms with Crippen molar-refractivity contribution in [2.75, 3.05) is 31.4 Å². The van der Waals surface area contributed by atoms with E-state index in [0.29, 0.717) is 40.8 Å². The molecule has 10 heteroatoms. The summed E-state index contributed by atoms with van der Waals surface area (Å²) in [7, 11) is 3.20. The van der Waals surface area contributed by atoms with Crippen LogP contribution in [0.3, 0.4) is 0 Å². The van der Waals surface area contributed by atoms with Crippen LogP contribution in [-0.4, -0.2) is 46.8 Å². The molecular weight excluding hydrogens is 474 g/mol. The first-order valence-electron chi connectivity index (χ1n) is 11.4. The van der Waals surface area contributed by atoms with Gasteiger partial charge in [-0.2, -0.15) is 0 Å². The fourth-order valence-electron chi connectivity index (χ4n) is 3.77. The van der Waals surface area contributed by atoms with Crippen LogP contribution in [-0.2, 0) is 6.42 Å². The van der Waals surface area contributed by atoms with Crippen molar-refractivity contribution < 1.29 is 9.47 Å². The number of benzene rings is 2. The monoisotopic (exact) mass is 503 g/mol. The van der Waals surface area contributed by atoms with Crippen molar-refractivity contribution in [2.45, 2.75) is 20.3 Å². The number of methoxy groups -OCH3 is 2. The number of anilines is 2. The van der Waals surface area contributed by atoms with Crippen molar-refractivity contribution >= 4 is 45.8 Å². The highest BCUT2D eigenvalue weighted by Gasteiger charge is 2.10. The van der Waals surface area contributed by atoms with E-state index in [0.717, 1.165) is 23.3 Å². The fourth-order valence-corrected chi connectivity index (χ4v) is 3.99. The molecule has 186 valence electrons. The molecule has 2 aromatic heterocycles. The number of fused-ring (bicyclic) bond motifs is 1. The molecule has 0 spiro atoms. The van der Waals surface area contributed by atoms with Gasteiger partial charge in [-0.3, -0.25) is 10.3 Å². The zero-order valence-corrected chi connectivity index (χ0v) is 21.5. The minimum atomic E-state index is 0.341. The van der Waals surface area contributed by atoms with E-state index < -0.39 is 0 Å². The van der Waals surface area contributed by atoms with E-state index in [1.165, 1.54) is 10.9 Å². The second kappa shape index (κ2) is 11.5. The van der Waals surface area contributed by atoms with Crippen LogP contribution in [0.5, 0.6) is 11.5 Å². The summed E-state index contributed by atoms with van der Waals surface area (Å²) in [4.78, 5) is 17.0. The molecule has 0 fully saturated rings. The molecule has 0 atom stereocenters. The molecule has 0 unspecified atom stereocenters. The molecule has 0 aliphatic rings. The Bertz CT molecular complexity index is 1360. The maximum atomic E-state index is 5.56. The van der Waals surface area contributed by atoms with Gasteiger partial charge in [0, 0.05) is 58.9 Å². The van der Waals surface area contributed by atoms with Crippen molar-refractivity contribution in [3.05, 3.63) is 71.7 Å². The standard InChI is InChI=1S/C26H29N7O2S/c1-16-11-17(2)30-25(29-16)32-24(27-10-9-18-15-28-23-8-6-5-7-22(18)23)33-26(36)31-19-12-20(34-3)14-21(13-19)35-4/h5-8,11-15,28H,9-10H2,1-4H3,(H3,27,29,30,31,32,33,36). The van der Waals surface area contributed by atoms with Crippen molar-refractivity contribution in [3.8, 4) is 11.5 Å². The number of nitrogens with one attached hydrogen (secondary N) is 4. The van der Waals surface area contributed by atoms with E-state index in [1.807, 2.05) is 50.4 Å². The Labute approximate surface area is 215 Å². The summed E-state index contributed by atoms with van der Waals surface area (Å²) in [5.41, 5.74) is 4.72. The molecule has 36 heavy (non-hydrogen) atoms. The van der Waals surface area contributed by atoms with E-state index in [9.17, 15) is 0 Å². The van der Waals surface area contributed by atoms with Crippen molar-refractivity contribution in [1.82, 2.24) is 20.3 Å². The third kappa shape index (κ3) is 6.48. The topological polar surface area (TPSA) is 108 Å². The molecule has 0 aliphatic heterocycles. The van der Waals surface area contributed by atoms with E-state index in [1.54, 1.807) is 20.3 Å². The summed E-state index contributed by atoms with van der Waals surface area (Å²) in [5, 5.41) is 11.0. The van der Waals surface area contributed by atoms with Gasteiger partial charge in [0.25, 0.3) is 0 Å². The minimum Gasteiger partial charge on any atom is -0.497 e. The number of hydrogen-bond acceptors (Lipinski definition) is 6. The molecule has 2 heterocycles. The highest BCUT2D eigenvalue weighted by atomic mass is 32.1. The zero-order valence-electron chi connectivity index (χ0n) is 20.7.